The molecule has 1 N–H and O–H groups in total. The van der Waals surface area contributed by atoms with Gasteiger partial charge in [-0.05, 0) is 31.4 Å². The number of carbonyl (C=O) groups is 1. The molecule has 0 aliphatic carbocycles. The molecule has 0 aromatic heterocycles. The second-order valence-electron chi connectivity index (χ2n) is 4.67. The molecular weight excluding hydrogens is 230 g/mol. The molecule has 1 aliphatic rings. The molecule has 1 saturated heterocycles. The molecule has 0 radical (unpaired) electrons. The number of benzene rings is 1. The van der Waals surface area contributed by atoms with E-state index in [-0.39, 0.29) is 18.6 Å². The SMILES string of the molecule is Cc1ccccc1OCC(=O)N1CCC(O)CC1. The van der Waals surface area contributed by atoms with Crippen LogP contribution in [0.2, 0.25) is 0 Å². The van der Waals surface area contributed by atoms with Gasteiger partial charge in [-0.1, -0.05) is 18.2 Å². The Morgan fingerprint density at radius 2 is 2.06 bits per heavy atom. The molecule has 4 nitrogen and oxygen atoms in total. The van der Waals surface area contributed by atoms with Crippen molar-refractivity contribution in [1.82, 2.24) is 4.90 Å². The maximum absolute atomic E-state index is 11.9. The van der Waals surface area contributed by atoms with Crippen LogP contribution in [0.5, 0.6) is 5.75 Å². The maximum atomic E-state index is 11.9. The molecule has 1 amide bonds. The normalized spacial score (nSPS) is 16.7. The highest BCUT2D eigenvalue weighted by atomic mass is 16.5. The van der Waals surface area contributed by atoms with Crippen molar-refractivity contribution >= 4 is 5.91 Å². The first kappa shape index (κ1) is 12.9. The molecular formula is C14H19NO3. The van der Waals surface area contributed by atoms with Gasteiger partial charge < -0.3 is 14.7 Å². The number of aryl methyl sites for hydroxylation is 1. The summed E-state index contributed by atoms with van der Waals surface area (Å²) < 4.78 is 5.52. The van der Waals surface area contributed by atoms with E-state index in [0.717, 1.165) is 11.3 Å². The number of ether oxygens (including phenoxy) is 1. The third kappa shape index (κ3) is 3.23. The molecule has 2 rings (SSSR count). The Kier molecular flexibility index (Phi) is 4.20. The van der Waals surface area contributed by atoms with Crippen LogP contribution in [0.25, 0.3) is 0 Å². The van der Waals surface area contributed by atoms with Crippen molar-refractivity contribution in [2.24, 2.45) is 0 Å². The number of aliphatic hydroxyl groups excluding tert-OH is 1. The van der Waals surface area contributed by atoms with Gasteiger partial charge in [0.15, 0.2) is 6.61 Å². The first-order valence-corrected chi connectivity index (χ1v) is 6.31. The van der Waals surface area contributed by atoms with Gasteiger partial charge in [-0.3, -0.25) is 4.79 Å². The summed E-state index contributed by atoms with van der Waals surface area (Å²) in [5.74, 6) is 0.744. The fraction of sp³-hybridized carbons (Fsp3) is 0.500. The van der Waals surface area contributed by atoms with Gasteiger partial charge in [0, 0.05) is 13.1 Å². The molecule has 0 unspecified atom stereocenters. The van der Waals surface area contributed by atoms with Gasteiger partial charge in [0.05, 0.1) is 6.10 Å². The highest BCUT2D eigenvalue weighted by Crippen LogP contribution is 2.16. The average Bonchev–Trinajstić information content (AvgIpc) is 2.38. The van der Waals surface area contributed by atoms with Crippen LogP contribution in [0, 0.1) is 6.92 Å². The first-order valence-electron chi connectivity index (χ1n) is 6.31. The van der Waals surface area contributed by atoms with E-state index in [9.17, 15) is 9.90 Å². The number of amides is 1. The molecule has 1 heterocycles. The van der Waals surface area contributed by atoms with Crippen molar-refractivity contribution in [1.29, 1.82) is 0 Å². The molecule has 1 aromatic rings. The lowest BCUT2D eigenvalue weighted by molar-refractivity contribution is -0.135. The zero-order chi connectivity index (χ0) is 13.0. The van der Waals surface area contributed by atoms with Crippen molar-refractivity contribution in [2.75, 3.05) is 19.7 Å². The molecule has 1 fully saturated rings. The van der Waals surface area contributed by atoms with Crippen molar-refractivity contribution in [3.63, 3.8) is 0 Å². The number of piperidine rings is 1. The average molecular weight is 249 g/mol. The van der Waals surface area contributed by atoms with Crippen LogP contribution in [-0.2, 0) is 4.79 Å². The van der Waals surface area contributed by atoms with Crippen molar-refractivity contribution in [3.8, 4) is 5.75 Å². The van der Waals surface area contributed by atoms with Crippen LogP contribution in [-0.4, -0.2) is 41.7 Å². The van der Waals surface area contributed by atoms with Crippen LogP contribution in [0.15, 0.2) is 24.3 Å². The number of rotatable bonds is 3. The van der Waals surface area contributed by atoms with Crippen LogP contribution in [0.1, 0.15) is 18.4 Å². The first-order chi connectivity index (χ1) is 8.66. The fourth-order valence-corrected chi connectivity index (χ4v) is 2.06. The third-order valence-corrected chi connectivity index (χ3v) is 3.26. The molecule has 1 aliphatic heterocycles. The number of carbonyl (C=O) groups excluding carboxylic acids is 1. The minimum Gasteiger partial charge on any atom is -0.484 e. The topological polar surface area (TPSA) is 49.8 Å². The Labute approximate surface area is 107 Å². The van der Waals surface area contributed by atoms with Gasteiger partial charge in [0.1, 0.15) is 5.75 Å². The van der Waals surface area contributed by atoms with Gasteiger partial charge >= 0.3 is 0 Å². The summed E-state index contributed by atoms with van der Waals surface area (Å²) in [6, 6.07) is 7.65. The number of hydrogen-bond donors (Lipinski definition) is 1. The Morgan fingerprint density at radius 1 is 1.39 bits per heavy atom. The summed E-state index contributed by atoms with van der Waals surface area (Å²) in [5, 5.41) is 9.38. The zero-order valence-corrected chi connectivity index (χ0v) is 10.6. The molecule has 0 saturated carbocycles. The van der Waals surface area contributed by atoms with E-state index in [1.54, 1.807) is 4.90 Å². The molecule has 98 valence electrons. The number of para-hydroxylation sites is 1. The van der Waals surface area contributed by atoms with Crippen molar-refractivity contribution in [2.45, 2.75) is 25.9 Å². The monoisotopic (exact) mass is 249 g/mol. The Bertz CT molecular complexity index is 411. The summed E-state index contributed by atoms with van der Waals surface area (Å²) in [6.07, 6.45) is 1.07. The van der Waals surface area contributed by atoms with Gasteiger partial charge in [0.25, 0.3) is 5.91 Å². The Balaban J connectivity index is 1.83. The summed E-state index contributed by atoms with van der Waals surface area (Å²) in [4.78, 5) is 13.7. The Morgan fingerprint density at radius 3 is 2.72 bits per heavy atom. The second kappa shape index (κ2) is 5.87. The number of likely N-dealkylation sites (tertiary alicyclic amines) is 1. The van der Waals surface area contributed by atoms with Gasteiger partial charge in [0.2, 0.25) is 0 Å². The molecule has 0 atom stereocenters. The molecule has 1 aromatic carbocycles. The smallest absolute Gasteiger partial charge is 0.260 e. The molecule has 0 bridgehead atoms. The number of nitrogens with zero attached hydrogens (tertiary/aromatic N) is 1. The van der Waals surface area contributed by atoms with E-state index < -0.39 is 0 Å². The van der Waals surface area contributed by atoms with E-state index >= 15 is 0 Å². The Hall–Kier alpha value is -1.55. The quantitative estimate of drug-likeness (QED) is 0.880. The van der Waals surface area contributed by atoms with Gasteiger partial charge in [-0.15, -0.1) is 0 Å². The van der Waals surface area contributed by atoms with Gasteiger partial charge in [-0.2, -0.15) is 0 Å². The van der Waals surface area contributed by atoms with Gasteiger partial charge in [-0.25, -0.2) is 0 Å². The summed E-state index contributed by atoms with van der Waals surface area (Å²) in [5.41, 5.74) is 1.03. The highest BCUT2D eigenvalue weighted by Gasteiger charge is 2.21. The lowest BCUT2D eigenvalue weighted by Gasteiger charge is -2.29. The fourth-order valence-electron chi connectivity index (χ4n) is 2.06. The second-order valence-corrected chi connectivity index (χ2v) is 4.67. The molecule has 18 heavy (non-hydrogen) atoms. The summed E-state index contributed by atoms with van der Waals surface area (Å²) >= 11 is 0. The lowest BCUT2D eigenvalue weighted by Crippen LogP contribution is -2.42. The van der Waals surface area contributed by atoms with E-state index in [2.05, 4.69) is 0 Å². The maximum Gasteiger partial charge on any atom is 0.260 e. The van der Waals surface area contributed by atoms with Crippen molar-refractivity contribution < 1.29 is 14.6 Å². The van der Waals surface area contributed by atoms with E-state index in [1.807, 2.05) is 31.2 Å². The zero-order valence-electron chi connectivity index (χ0n) is 10.6. The number of aliphatic hydroxyl groups is 1. The summed E-state index contributed by atoms with van der Waals surface area (Å²) in [7, 11) is 0. The van der Waals surface area contributed by atoms with Crippen molar-refractivity contribution in [3.05, 3.63) is 29.8 Å². The molecule has 0 spiro atoms. The van der Waals surface area contributed by atoms with E-state index in [0.29, 0.717) is 25.9 Å². The summed E-state index contributed by atoms with van der Waals surface area (Å²) in [6.45, 7) is 3.27. The largest absolute Gasteiger partial charge is 0.484 e. The van der Waals surface area contributed by atoms with Crippen LogP contribution in [0.3, 0.4) is 0 Å². The van der Waals surface area contributed by atoms with Crippen LogP contribution < -0.4 is 4.74 Å². The predicted molar refractivity (Wildman–Crippen MR) is 68.5 cm³/mol. The third-order valence-electron chi connectivity index (χ3n) is 3.26. The van der Waals surface area contributed by atoms with E-state index in [4.69, 9.17) is 4.74 Å². The predicted octanol–water partition coefficient (Wildman–Crippen LogP) is 1.36. The number of hydrogen-bond acceptors (Lipinski definition) is 3. The van der Waals surface area contributed by atoms with Crippen LogP contribution in [0.4, 0.5) is 0 Å². The van der Waals surface area contributed by atoms with Crippen LogP contribution >= 0.6 is 0 Å². The standard InChI is InChI=1S/C14H19NO3/c1-11-4-2-3-5-13(11)18-10-14(17)15-8-6-12(16)7-9-15/h2-5,12,16H,6-10H2,1H3. The lowest BCUT2D eigenvalue weighted by atomic mass is 10.1. The highest BCUT2D eigenvalue weighted by molar-refractivity contribution is 5.77. The molecule has 4 heteroatoms. The van der Waals surface area contributed by atoms with E-state index in [1.165, 1.54) is 0 Å². The minimum atomic E-state index is -0.258. The minimum absolute atomic E-state index is 0.00912.